The number of amides is 2. The molecule has 41 heavy (non-hydrogen) atoms. The van der Waals surface area contributed by atoms with Crippen molar-refractivity contribution < 1.29 is 37.1 Å². The highest BCUT2D eigenvalue weighted by Gasteiger charge is 2.43. The second kappa shape index (κ2) is 12.1. The number of anilines is 2. The number of alkyl halides is 3. The average Bonchev–Trinajstić information content (AvgIpc) is 3.05. The van der Waals surface area contributed by atoms with Gasteiger partial charge in [-0.05, 0) is 55.0 Å². The molecule has 1 unspecified atom stereocenters. The van der Waals surface area contributed by atoms with Crippen LogP contribution in [0, 0.1) is 11.8 Å². The molecular weight excluding hydrogens is 539 g/mol. The van der Waals surface area contributed by atoms with Crippen LogP contribution >= 0.6 is 0 Å². The number of halogens is 3. The van der Waals surface area contributed by atoms with Crippen molar-refractivity contribution in [3.05, 3.63) is 95.1 Å². The molecular formula is C30H24F3N3O5. The summed E-state index contributed by atoms with van der Waals surface area (Å²) in [6.45, 7) is 1.23. The van der Waals surface area contributed by atoms with Crippen molar-refractivity contribution >= 4 is 35.1 Å². The maximum atomic E-state index is 13.8. The summed E-state index contributed by atoms with van der Waals surface area (Å²) in [7, 11) is 0. The molecule has 2 N–H and O–H groups in total. The Kier molecular flexibility index (Phi) is 8.54. The zero-order valence-electron chi connectivity index (χ0n) is 21.8. The van der Waals surface area contributed by atoms with E-state index in [0.29, 0.717) is 23.4 Å². The Balaban J connectivity index is 1.70. The van der Waals surface area contributed by atoms with Gasteiger partial charge in [-0.15, -0.1) is 0 Å². The first kappa shape index (κ1) is 29.0. The first-order valence-electron chi connectivity index (χ1n) is 12.4. The van der Waals surface area contributed by atoms with Crippen molar-refractivity contribution in [2.24, 2.45) is 5.73 Å². The lowest BCUT2D eigenvalue weighted by molar-refractivity contribution is -0.202. The molecule has 0 spiro atoms. The predicted molar refractivity (Wildman–Crippen MR) is 143 cm³/mol. The van der Waals surface area contributed by atoms with Crippen LogP contribution in [0.2, 0.25) is 0 Å². The summed E-state index contributed by atoms with van der Waals surface area (Å²) >= 11 is 0. The first-order chi connectivity index (χ1) is 19.5. The van der Waals surface area contributed by atoms with E-state index in [1.165, 1.54) is 17.9 Å². The van der Waals surface area contributed by atoms with Gasteiger partial charge in [0.1, 0.15) is 6.54 Å². The second-order valence-electron chi connectivity index (χ2n) is 9.20. The lowest BCUT2D eigenvalue weighted by atomic mass is 10.0. The fraction of sp³-hybridized carbons (Fsp3) is 0.200. The van der Waals surface area contributed by atoms with Crippen LogP contribution in [0.1, 0.15) is 40.4 Å². The number of carbonyl (C=O) groups is 4. The van der Waals surface area contributed by atoms with Gasteiger partial charge in [-0.25, -0.2) is 4.79 Å². The van der Waals surface area contributed by atoms with E-state index >= 15 is 0 Å². The van der Waals surface area contributed by atoms with Gasteiger partial charge in [-0.1, -0.05) is 42.2 Å². The first-order valence-corrected chi connectivity index (χ1v) is 12.4. The van der Waals surface area contributed by atoms with Crippen LogP contribution in [-0.4, -0.2) is 47.4 Å². The molecule has 1 aliphatic rings. The van der Waals surface area contributed by atoms with Crippen molar-refractivity contribution in [1.82, 2.24) is 4.90 Å². The van der Waals surface area contributed by atoms with E-state index in [2.05, 4.69) is 16.6 Å². The SMILES string of the molecule is CC(CC(=O)OC(=O)C(F)(F)F)N1CC(=O)N(c2ccccc2)c2ccc(C#Cc3cccc(CN)c3)cc2C1=O. The summed E-state index contributed by atoms with van der Waals surface area (Å²) in [6, 6.07) is 19.6. The van der Waals surface area contributed by atoms with Gasteiger partial charge in [-0.3, -0.25) is 19.3 Å². The maximum Gasteiger partial charge on any atom is 0.491 e. The largest absolute Gasteiger partial charge is 0.491 e. The number of nitrogens with zero attached hydrogens (tertiary/aromatic N) is 2. The minimum atomic E-state index is -5.36. The van der Waals surface area contributed by atoms with E-state index in [0.717, 1.165) is 10.5 Å². The topological polar surface area (TPSA) is 110 Å². The van der Waals surface area contributed by atoms with Crippen LogP contribution in [-0.2, 0) is 25.7 Å². The Morgan fingerprint density at radius 2 is 1.66 bits per heavy atom. The molecule has 2 amide bonds. The van der Waals surface area contributed by atoms with Gasteiger partial charge in [0.25, 0.3) is 11.8 Å². The number of hydrogen-bond acceptors (Lipinski definition) is 6. The van der Waals surface area contributed by atoms with Crippen LogP contribution in [0.3, 0.4) is 0 Å². The Morgan fingerprint density at radius 3 is 2.32 bits per heavy atom. The van der Waals surface area contributed by atoms with Crippen molar-refractivity contribution in [1.29, 1.82) is 0 Å². The molecule has 0 fully saturated rings. The Bertz CT molecular complexity index is 1560. The van der Waals surface area contributed by atoms with Crippen molar-refractivity contribution in [2.45, 2.75) is 32.1 Å². The normalized spacial score (nSPS) is 14.0. The van der Waals surface area contributed by atoms with E-state index in [-0.39, 0.29) is 11.3 Å². The quantitative estimate of drug-likeness (QED) is 0.285. The standard InChI is InChI=1S/C30H24F3N3O5/c1-19(14-27(38)41-29(40)30(31,32)33)35-18-26(37)36(23-8-3-2-4-9-23)25-13-12-21(16-24(25)28(35)39)11-10-20-6-5-7-22(15-20)17-34/h2-9,12-13,15-16,19H,14,17-18,34H2,1H3. The van der Waals surface area contributed by atoms with Gasteiger partial charge in [0.2, 0.25) is 0 Å². The van der Waals surface area contributed by atoms with Crippen molar-refractivity contribution in [3.63, 3.8) is 0 Å². The third kappa shape index (κ3) is 6.80. The van der Waals surface area contributed by atoms with Crippen LogP contribution < -0.4 is 10.6 Å². The van der Waals surface area contributed by atoms with Gasteiger partial charge in [-0.2, -0.15) is 13.2 Å². The smallest absolute Gasteiger partial charge is 0.386 e. The molecule has 3 aromatic carbocycles. The predicted octanol–water partition coefficient (Wildman–Crippen LogP) is 4.08. The summed E-state index contributed by atoms with van der Waals surface area (Å²) in [4.78, 5) is 52.8. The lowest BCUT2D eigenvalue weighted by Crippen LogP contribution is -2.44. The molecule has 1 atom stereocenters. The molecule has 8 nitrogen and oxygen atoms in total. The highest BCUT2D eigenvalue weighted by Crippen LogP contribution is 2.34. The van der Waals surface area contributed by atoms with Crippen molar-refractivity contribution in [2.75, 3.05) is 11.4 Å². The van der Waals surface area contributed by atoms with E-state index in [9.17, 15) is 32.3 Å². The third-order valence-corrected chi connectivity index (χ3v) is 6.24. The number of fused-ring (bicyclic) bond motifs is 1. The number of carbonyl (C=O) groups excluding carboxylic acids is 4. The number of para-hydroxylation sites is 1. The average molecular weight is 564 g/mol. The zero-order valence-corrected chi connectivity index (χ0v) is 21.8. The molecule has 3 aromatic rings. The molecule has 11 heteroatoms. The fourth-order valence-electron chi connectivity index (χ4n) is 4.25. The highest BCUT2D eigenvalue weighted by atomic mass is 19.4. The minimum Gasteiger partial charge on any atom is -0.386 e. The Labute approximate surface area is 233 Å². The lowest BCUT2D eigenvalue weighted by Gasteiger charge is -2.27. The molecule has 0 aliphatic carbocycles. The summed E-state index contributed by atoms with van der Waals surface area (Å²) < 4.78 is 41.5. The summed E-state index contributed by atoms with van der Waals surface area (Å²) in [6.07, 6.45) is -6.11. The van der Waals surface area contributed by atoms with Gasteiger partial charge in [0.05, 0.1) is 17.7 Å². The summed E-state index contributed by atoms with van der Waals surface area (Å²) in [5.74, 6) is 0.705. The number of rotatable bonds is 5. The van der Waals surface area contributed by atoms with E-state index in [4.69, 9.17) is 5.73 Å². The Hall–Kier alpha value is -4.95. The van der Waals surface area contributed by atoms with E-state index in [1.807, 2.05) is 24.3 Å². The maximum absolute atomic E-state index is 13.8. The molecule has 0 saturated carbocycles. The van der Waals surface area contributed by atoms with Crippen LogP contribution in [0.25, 0.3) is 0 Å². The molecule has 0 aromatic heterocycles. The van der Waals surface area contributed by atoms with Crippen LogP contribution in [0.5, 0.6) is 0 Å². The molecule has 4 rings (SSSR count). The molecule has 210 valence electrons. The molecule has 0 saturated heterocycles. The zero-order chi connectivity index (χ0) is 29.7. The van der Waals surface area contributed by atoms with Crippen LogP contribution in [0.15, 0.2) is 72.8 Å². The van der Waals surface area contributed by atoms with E-state index in [1.54, 1.807) is 42.5 Å². The Morgan fingerprint density at radius 1 is 0.976 bits per heavy atom. The molecule has 1 aliphatic heterocycles. The molecule has 0 radical (unpaired) electrons. The minimum absolute atomic E-state index is 0.0915. The number of esters is 2. The van der Waals surface area contributed by atoms with Gasteiger partial charge in [0.15, 0.2) is 0 Å². The highest BCUT2D eigenvalue weighted by molar-refractivity contribution is 6.13. The number of benzene rings is 3. The van der Waals surface area contributed by atoms with Gasteiger partial charge >= 0.3 is 18.1 Å². The summed E-state index contributed by atoms with van der Waals surface area (Å²) in [5.41, 5.74) is 8.60. The monoisotopic (exact) mass is 563 g/mol. The van der Waals surface area contributed by atoms with Gasteiger partial charge in [0, 0.05) is 29.4 Å². The van der Waals surface area contributed by atoms with Crippen LogP contribution in [0.4, 0.5) is 24.5 Å². The number of ether oxygens (including phenoxy) is 1. The van der Waals surface area contributed by atoms with Gasteiger partial charge < -0.3 is 15.4 Å². The second-order valence-corrected chi connectivity index (χ2v) is 9.20. The molecule has 0 bridgehead atoms. The number of hydrogen-bond donors (Lipinski definition) is 1. The number of nitrogens with two attached hydrogens (primary N) is 1. The summed E-state index contributed by atoms with van der Waals surface area (Å²) in [5, 5.41) is 0. The molecule has 1 heterocycles. The third-order valence-electron chi connectivity index (χ3n) is 6.24. The van der Waals surface area contributed by atoms with E-state index < -0.39 is 48.9 Å². The fourth-order valence-corrected chi connectivity index (χ4v) is 4.25. The van der Waals surface area contributed by atoms with Crippen molar-refractivity contribution in [3.8, 4) is 11.8 Å².